The van der Waals surface area contributed by atoms with Crippen molar-refractivity contribution >= 4 is 29.9 Å². The first-order valence-electron chi connectivity index (χ1n) is 7.97. The minimum atomic E-state index is 0. The molecule has 8 heteroatoms. The van der Waals surface area contributed by atoms with Crippen LogP contribution in [0.15, 0.2) is 41.7 Å². The first-order chi connectivity index (χ1) is 11.8. The van der Waals surface area contributed by atoms with Crippen LogP contribution in [0.2, 0.25) is 0 Å². The Morgan fingerprint density at radius 3 is 2.72 bits per heavy atom. The molecule has 2 aromatic rings. The zero-order valence-electron chi connectivity index (χ0n) is 14.9. The molecule has 138 valence electrons. The van der Waals surface area contributed by atoms with Gasteiger partial charge in [0.2, 0.25) is 0 Å². The number of methoxy groups -OCH3 is 2. The maximum Gasteiger partial charge on any atom is 0.191 e. The summed E-state index contributed by atoms with van der Waals surface area (Å²) in [6.07, 6.45) is 3.71. The van der Waals surface area contributed by atoms with E-state index in [0.717, 1.165) is 42.7 Å². The number of rotatable bonds is 8. The smallest absolute Gasteiger partial charge is 0.191 e. The molecule has 0 unspecified atom stereocenters. The molecule has 0 spiro atoms. The standard InChI is InChI=1S/C17H25N5O2.HI/c1-4-18-17(19-9-11-22-10-5-8-21-22)20-13-14-6-7-15(23-2)12-16(14)24-3;/h5-8,10,12H,4,9,11,13H2,1-3H3,(H2,18,19,20);1H. The lowest BCUT2D eigenvalue weighted by molar-refractivity contribution is 0.391. The zero-order valence-corrected chi connectivity index (χ0v) is 17.2. The van der Waals surface area contributed by atoms with Gasteiger partial charge in [0.1, 0.15) is 11.5 Å². The number of hydrogen-bond acceptors (Lipinski definition) is 4. The summed E-state index contributed by atoms with van der Waals surface area (Å²) < 4.78 is 12.5. The quantitative estimate of drug-likeness (QED) is 0.360. The lowest BCUT2D eigenvalue weighted by Crippen LogP contribution is -2.38. The van der Waals surface area contributed by atoms with Crippen LogP contribution in [0.4, 0.5) is 0 Å². The number of guanidine groups is 1. The normalized spacial score (nSPS) is 10.8. The van der Waals surface area contributed by atoms with Crippen LogP contribution in [0.3, 0.4) is 0 Å². The second kappa shape index (κ2) is 11.6. The largest absolute Gasteiger partial charge is 0.497 e. The van der Waals surface area contributed by atoms with E-state index >= 15 is 0 Å². The Bertz CT molecular complexity index is 646. The Hall–Kier alpha value is -1.97. The Kier molecular flexibility index (Phi) is 9.75. The monoisotopic (exact) mass is 459 g/mol. The summed E-state index contributed by atoms with van der Waals surface area (Å²) in [6, 6.07) is 7.65. The fraction of sp³-hybridized carbons (Fsp3) is 0.412. The molecule has 2 rings (SSSR count). The predicted molar refractivity (Wildman–Crippen MR) is 110 cm³/mol. The van der Waals surface area contributed by atoms with Crippen LogP contribution in [0.25, 0.3) is 0 Å². The molecule has 7 nitrogen and oxygen atoms in total. The molecule has 2 N–H and O–H groups in total. The van der Waals surface area contributed by atoms with Crippen LogP contribution in [0, 0.1) is 0 Å². The fourth-order valence-electron chi connectivity index (χ4n) is 2.21. The van der Waals surface area contributed by atoms with E-state index in [1.807, 2.05) is 42.1 Å². The number of halogens is 1. The van der Waals surface area contributed by atoms with Crippen molar-refractivity contribution in [1.29, 1.82) is 0 Å². The van der Waals surface area contributed by atoms with Crippen LogP contribution in [-0.4, -0.2) is 43.0 Å². The highest BCUT2D eigenvalue weighted by atomic mass is 127. The Morgan fingerprint density at radius 1 is 1.24 bits per heavy atom. The third-order valence-electron chi connectivity index (χ3n) is 3.44. The SMILES string of the molecule is CCNC(=NCc1ccc(OC)cc1OC)NCCn1cccn1.I. The first kappa shape index (κ1) is 21.1. The number of nitrogens with zero attached hydrogens (tertiary/aromatic N) is 3. The van der Waals surface area contributed by atoms with Crippen molar-refractivity contribution < 1.29 is 9.47 Å². The molecule has 0 aliphatic rings. The summed E-state index contributed by atoms with van der Waals surface area (Å²) in [5.41, 5.74) is 1.00. The van der Waals surface area contributed by atoms with E-state index in [0.29, 0.717) is 6.54 Å². The first-order valence-corrected chi connectivity index (χ1v) is 7.97. The van der Waals surface area contributed by atoms with Gasteiger partial charge in [-0.1, -0.05) is 0 Å². The Labute approximate surface area is 165 Å². The molecule has 0 saturated heterocycles. The lowest BCUT2D eigenvalue weighted by atomic mass is 10.2. The highest BCUT2D eigenvalue weighted by Crippen LogP contribution is 2.25. The molecular weight excluding hydrogens is 433 g/mol. The maximum atomic E-state index is 5.41. The number of ether oxygens (including phenoxy) is 2. The number of nitrogens with one attached hydrogen (secondary N) is 2. The number of aliphatic imine (C=N–C) groups is 1. The van der Waals surface area contributed by atoms with E-state index in [1.165, 1.54) is 0 Å². The van der Waals surface area contributed by atoms with Gasteiger partial charge in [0.15, 0.2) is 5.96 Å². The average Bonchev–Trinajstić information content (AvgIpc) is 3.13. The minimum absolute atomic E-state index is 0. The van der Waals surface area contributed by atoms with Crippen molar-refractivity contribution in [3.8, 4) is 11.5 Å². The second-order valence-corrected chi connectivity index (χ2v) is 5.07. The average molecular weight is 459 g/mol. The second-order valence-electron chi connectivity index (χ2n) is 5.07. The van der Waals surface area contributed by atoms with E-state index in [9.17, 15) is 0 Å². The van der Waals surface area contributed by atoms with Crippen LogP contribution < -0.4 is 20.1 Å². The number of benzene rings is 1. The van der Waals surface area contributed by atoms with Gasteiger partial charge in [0, 0.05) is 37.1 Å². The van der Waals surface area contributed by atoms with Gasteiger partial charge >= 0.3 is 0 Å². The molecule has 0 aliphatic heterocycles. The highest BCUT2D eigenvalue weighted by Gasteiger charge is 2.05. The molecule has 0 atom stereocenters. The summed E-state index contributed by atoms with van der Waals surface area (Å²) in [6.45, 7) is 4.88. The molecular formula is C17H26IN5O2. The maximum absolute atomic E-state index is 5.41. The van der Waals surface area contributed by atoms with E-state index in [4.69, 9.17) is 9.47 Å². The Balaban J connectivity index is 0.00000312. The van der Waals surface area contributed by atoms with Crippen LogP contribution in [-0.2, 0) is 13.1 Å². The molecule has 1 heterocycles. The van der Waals surface area contributed by atoms with Crippen molar-refractivity contribution in [2.75, 3.05) is 27.3 Å². The third kappa shape index (κ3) is 6.81. The van der Waals surface area contributed by atoms with Gasteiger partial charge in [-0.2, -0.15) is 5.10 Å². The van der Waals surface area contributed by atoms with Crippen molar-refractivity contribution in [3.05, 3.63) is 42.2 Å². The van der Waals surface area contributed by atoms with Gasteiger partial charge in [-0.05, 0) is 25.1 Å². The summed E-state index contributed by atoms with van der Waals surface area (Å²) in [5.74, 6) is 2.30. The Morgan fingerprint density at radius 2 is 2.08 bits per heavy atom. The summed E-state index contributed by atoms with van der Waals surface area (Å²) in [5, 5.41) is 10.7. The van der Waals surface area contributed by atoms with Gasteiger partial charge in [0.05, 0.1) is 27.3 Å². The van der Waals surface area contributed by atoms with Gasteiger partial charge < -0.3 is 20.1 Å². The molecule has 0 bridgehead atoms. The molecule has 0 aliphatic carbocycles. The summed E-state index contributed by atoms with van der Waals surface area (Å²) in [4.78, 5) is 4.61. The molecule has 0 fully saturated rings. The van der Waals surface area contributed by atoms with E-state index in [1.54, 1.807) is 20.4 Å². The van der Waals surface area contributed by atoms with Crippen LogP contribution in [0.1, 0.15) is 12.5 Å². The predicted octanol–water partition coefficient (Wildman–Crippen LogP) is 2.27. The van der Waals surface area contributed by atoms with E-state index in [2.05, 4.69) is 20.7 Å². The van der Waals surface area contributed by atoms with E-state index < -0.39 is 0 Å². The van der Waals surface area contributed by atoms with E-state index in [-0.39, 0.29) is 24.0 Å². The van der Waals surface area contributed by atoms with Crippen molar-refractivity contribution in [2.24, 2.45) is 4.99 Å². The molecule has 25 heavy (non-hydrogen) atoms. The fourth-order valence-corrected chi connectivity index (χ4v) is 2.21. The van der Waals surface area contributed by atoms with Crippen LogP contribution in [0.5, 0.6) is 11.5 Å². The summed E-state index contributed by atoms with van der Waals surface area (Å²) >= 11 is 0. The minimum Gasteiger partial charge on any atom is -0.497 e. The molecule has 1 aromatic carbocycles. The highest BCUT2D eigenvalue weighted by molar-refractivity contribution is 14.0. The lowest BCUT2D eigenvalue weighted by Gasteiger charge is -2.12. The van der Waals surface area contributed by atoms with Gasteiger partial charge in [-0.25, -0.2) is 4.99 Å². The number of aromatic nitrogens is 2. The molecule has 0 saturated carbocycles. The van der Waals surface area contributed by atoms with Gasteiger partial charge in [-0.15, -0.1) is 24.0 Å². The number of hydrogen-bond donors (Lipinski definition) is 2. The summed E-state index contributed by atoms with van der Waals surface area (Å²) in [7, 11) is 3.29. The van der Waals surface area contributed by atoms with Crippen molar-refractivity contribution in [2.45, 2.75) is 20.0 Å². The van der Waals surface area contributed by atoms with Gasteiger partial charge in [-0.3, -0.25) is 4.68 Å². The van der Waals surface area contributed by atoms with Crippen molar-refractivity contribution in [3.63, 3.8) is 0 Å². The third-order valence-corrected chi connectivity index (χ3v) is 3.44. The molecule has 0 amide bonds. The van der Waals surface area contributed by atoms with Crippen molar-refractivity contribution in [1.82, 2.24) is 20.4 Å². The topological polar surface area (TPSA) is 72.7 Å². The zero-order chi connectivity index (χ0) is 17.2. The molecule has 0 radical (unpaired) electrons. The van der Waals surface area contributed by atoms with Gasteiger partial charge in [0.25, 0.3) is 0 Å². The molecule has 1 aromatic heterocycles. The van der Waals surface area contributed by atoms with Crippen LogP contribution >= 0.6 is 24.0 Å².